The van der Waals surface area contributed by atoms with Crippen molar-refractivity contribution in [1.82, 2.24) is 4.98 Å². The summed E-state index contributed by atoms with van der Waals surface area (Å²) in [6.45, 7) is 1.77. The van der Waals surface area contributed by atoms with Gasteiger partial charge in [-0.05, 0) is 48.4 Å². The Hall–Kier alpha value is -5.04. The standard InChI is InChI=1S/C30H29BN2O9S/c1-18-32-24(17-43-18)27(29(34)35)33-41-16-21-8-13-25(39-14-19-4-9-22(37-2)10-5-19)28(26(21)30(36)42-31)40-15-20-6-11-23(38-3)12-7-20/h4-13,17H,14-16,31H2,1-3H3,(H,34,35)/b33-27-. The second-order valence-corrected chi connectivity index (χ2v) is 10.0. The van der Waals surface area contributed by atoms with Gasteiger partial charge < -0.3 is 33.5 Å². The van der Waals surface area contributed by atoms with Crippen LogP contribution in [0.15, 0.2) is 71.2 Å². The lowest BCUT2D eigenvalue weighted by molar-refractivity contribution is -0.129. The summed E-state index contributed by atoms with van der Waals surface area (Å²) in [4.78, 5) is 34.5. The first-order chi connectivity index (χ1) is 20.8. The molecule has 0 atom stereocenters. The number of ether oxygens (including phenoxy) is 4. The number of rotatable bonds is 14. The summed E-state index contributed by atoms with van der Waals surface area (Å²) in [5.74, 6) is -0.171. The van der Waals surface area contributed by atoms with Gasteiger partial charge in [-0.25, -0.2) is 14.6 Å². The lowest BCUT2D eigenvalue weighted by Crippen LogP contribution is -2.16. The number of hydrogen-bond donors (Lipinski definition) is 1. The number of aromatic nitrogens is 1. The highest BCUT2D eigenvalue weighted by Gasteiger charge is 2.24. The Balaban J connectivity index is 1.66. The first-order valence-corrected chi connectivity index (χ1v) is 13.8. The summed E-state index contributed by atoms with van der Waals surface area (Å²) in [5.41, 5.74) is 1.89. The number of aryl methyl sites for hydroxylation is 1. The maximum Gasteiger partial charge on any atom is 0.360 e. The quantitative estimate of drug-likeness (QED) is 0.126. The van der Waals surface area contributed by atoms with Crippen molar-refractivity contribution in [3.05, 3.63) is 99.0 Å². The van der Waals surface area contributed by atoms with Crippen LogP contribution in [0.3, 0.4) is 0 Å². The van der Waals surface area contributed by atoms with E-state index in [0.717, 1.165) is 11.1 Å². The largest absolute Gasteiger partial charge is 0.540 e. The van der Waals surface area contributed by atoms with Crippen molar-refractivity contribution >= 4 is 37.0 Å². The molecule has 4 rings (SSSR count). The highest BCUT2D eigenvalue weighted by molar-refractivity contribution is 7.09. The second-order valence-electron chi connectivity index (χ2n) is 8.96. The van der Waals surface area contributed by atoms with Gasteiger partial charge in [0.25, 0.3) is 0 Å². The summed E-state index contributed by atoms with van der Waals surface area (Å²) in [6, 6.07) is 17.9. The second kappa shape index (κ2) is 14.7. The van der Waals surface area contributed by atoms with Crippen molar-refractivity contribution < 1.29 is 43.1 Å². The Labute approximate surface area is 253 Å². The maximum atomic E-state index is 13.1. The lowest BCUT2D eigenvalue weighted by atomic mass is 10.1. The highest BCUT2D eigenvalue weighted by Crippen LogP contribution is 2.36. The fourth-order valence-corrected chi connectivity index (χ4v) is 4.50. The molecule has 13 heteroatoms. The summed E-state index contributed by atoms with van der Waals surface area (Å²) < 4.78 is 27.8. The van der Waals surface area contributed by atoms with E-state index in [1.807, 2.05) is 36.4 Å². The van der Waals surface area contributed by atoms with Crippen LogP contribution in [0, 0.1) is 6.92 Å². The number of carbonyl (C=O) groups excluding carboxylic acids is 1. The van der Waals surface area contributed by atoms with Gasteiger partial charge in [-0.3, -0.25) is 0 Å². The van der Waals surface area contributed by atoms with Crippen molar-refractivity contribution in [3.8, 4) is 23.0 Å². The Morgan fingerprint density at radius 2 is 1.49 bits per heavy atom. The van der Waals surface area contributed by atoms with Crippen molar-refractivity contribution in [2.75, 3.05) is 14.2 Å². The van der Waals surface area contributed by atoms with Gasteiger partial charge in [0, 0.05) is 10.9 Å². The van der Waals surface area contributed by atoms with Crippen LogP contribution < -0.4 is 18.9 Å². The number of carboxylic acids is 1. The Bertz CT molecular complexity index is 1590. The number of oxime groups is 1. The van der Waals surface area contributed by atoms with Crippen molar-refractivity contribution in [1.29, 1.82) is 0 Å². The molecule has 1 aromatic heterocycles. The predicted molar refractivity (Wildman–Crippen MR) is 161 cm³/mol. The van der Waals surface area contributed by atoms with Gasteiger partial charge in [0.1, 0.15) is 42.6 Å². The van der Waals surface area contributed by atoms with Gasteiger partial charge in [0.15, 0.2) is 11.5 Å². The number of aliphatic carboxylic acids is 1. The third-order valence-electron chi connectivity index (χ3n) is 6.13. The Kier molecular flexibility index (Phi) is 10.6. The molecule has 4 aromatic rings. The average Bonchev–Trinajstić information content (AvgIpc) is 3.46. The third kappa shape index (κ3) is 8.04. The molecule has 0 aliphatic carbocycles. The van der Waals surface area contributed by atoms with Crippen molar-refractivity contribution in [3.63, 3.8) is 0 Å². The van der Waals surface area contributed by atoms with E-state index in [-0.39, 0.29) is 42.5 Å². The number of methoxy groups -OCH3 is 2. The zero-order valence-electron chi connectivity index (χ0n) is 24.0. The molecule has 11 nitrogen and oxygen atoms in total. The van der Waals surface area contributed by atoms with E-state index in [4.69, 9.17) is 28.4 Å². The van der Waals surface area contributed by atoms with Crippen molar-refractivity contribution in [2.45, 2.75) is 26.7 Å². The molecule has 0 spiro atoms. The van der Waals surface area contributed by atoms with Gasteiger partial charge in [-0.1, -0.05) is 35.5 Å². The van der Waals surface area contributed by atoms with Crippen LogP contribution in [-0.4, -0.2) is 50.0 Å². The maximum absolute atomic E-state index is 13.1. The number of benzene rings is 3. The number of thiazole rings is 1. The summed E-state index contributed by atoms with van der Waals surface area (Å²) in [5, 5.41) is 15.7. The number of carboxylic acid groups (broad SMARTS) is 1. The molecule has 0 amide bonds. The van der Waals surface area contributed by atoms with E-state index < -0.39 is 11.9 Å². The van der Waals surface area contributed by atoms with Crippen LogP contribution in [-0.2, 0) is 34.1 Å². The molecule has 1 N–H and O–H groups in total. The number of carbonyl (C=O) groups is 2. The van der Waals surface area contributed by atoms with Gasteiger partial charge in [0.05, 0.1) is 19.2 Å². The molecular formula is C30H29BN2O9S. The molecule has 0 saturated heterocycles. The van der Waals surface area contributed by atoms with Gasteiger partial charge in [-0.15, -0.1) is 11.3 Å². The van der Waals surface area contributed by atoms with Gasteiger partial charge in [-0.2, -0.15) is 0 Å². The monoisotopic (exact) mass is 604 g/mol. The van der Waals surface area contributed by atoms with E-state index in [9.17, 15) is 14.7 Å². The molecule has 1 heterocycles. The van der Waals surface area contributed by atoms with Crippen LogP contribution in [0.1, 0.15) is 37.7 Å². The fourth-order valence-electron chi connectivity index (χ4n) is 3.90. The number of hydrogen-bond acceptors (Lipinski definition) is 11. The molecule has 222 valence electrons. The first kappa shape index (κ1) is 30.9. The van der Waals surface area contributed by atoms with Crippen LogP contribution in [0.4, 0.5) is 0 Å². The minimum atomic E-state index is -1.30. The Morgan fingerprint density at radius 1 is 0.884 bits per heavy atom. The van der Waals surface area contributed by atoms with Gasteiger partial charge >= 0.3 is 20.0 Å². The molecule has 43 heavy (non-hydrogen) atoms. The molecule has 0 aliphatic rings. The molecule has 0 radical (unpaired) electrons. The summed E-state index contributed by atoms with van der Waals surface area (Å²) >= 11 is 1.29. The average molecular weight is 604 g/mol. The van der Waals surface area contributed by atoms with Crippen LogP contribution in [0.5, 0.6) is 23.0 Å². The normalized spacial score (nSPS) is 11.0. The van der Waals surface area contributed by atoms with E-state index >= 15 is 0 Å². The lowest BCUT2D eigenvalue weighted by Gasteiger charge is -2.19. The molecule has 0 aliphatic heterocycles. The molecule has 3 aromatic carbocycles. The van der Waals surface area contributed by atoms with Crippen molar-refractivity contribution in [2.24, 2.45) is 5.16 Å². The fraction of sp³-hybridized carbons (Fsp3) is 0.200. The zero-order valence-corrected chi connectivity index (χ0v) is 24.8. The highest BCUT2D eigenvalue weighted by atomic mass is 32.1. The van der Waals surface area contributed by atoms with E-state index in [2.05, 4.69) is 10.1 Å². The number of nitrogens with zero attached hydrogens (tertiary/aromatic N) is 2. The molecule has 0 unspecified atom stereocenters. The molecule has 0 bridgehead atoms. The summed E-state index contributed by atoms with van der Waals surface area (Å²) in [6.07, 6.45) is 0. The van der Waals surface area contributed by atoms with E-state index in [0.29, 0.717) is 27.8 Å². The first-order valence-electron chi connectivity index (χ1n) is 12.9. The SMILES string of the molecule is BOC(=O)c1c(CO/N=C(\C(=O)O)c2csc(C)n2)ccc(OCc2ccc(OC)cc2)c1OCc1ccc(OC)cc1. The predicted octanol–water partition coefficient (Wildman–Crippen LogP) is 4.34. The third-order valence-corrected chi connectivity index (χ3v) is 6.91. The van der Waals surface area contributed by atoms with Crippen LogP contribution in [0.25, 0.3) is 0 Å². The van der Waals surface area contributed by atoms with Crippen LogP contribution >= 0.6 is 11.3 Å². The minimum Gasteiger partial charge on any atom is -0.540 e. The molecule has 0 fully saturated rings. The van der Waals surface area contributed by atoms with E-state index in [1.54, 1.807) is 50.8 Å². The molecular weight excluding hydrogens is 575 g/mol. The van der Waals surface area contributed by atoms with E-state index in [1.165, 1.54) is 19.4 Å². The summed E-state index contributed by atoms with van der Waals surface area (Å²) in [7, 11) is 4.41. The minimum absolute atomic E-state index is 0.0554. The smallest absolute Gasteiger partial charge is 0.360 e. The Morgan fingerprint density at radius 3 is 2.00 bits per heavy atom. The van der Waals surface area contributed by atoms with Crippen LogP contribution in [0.2, 0.25) is 0 Å². The molecule has 0 saturated carbocycles. The van der Waals surface area contributed by atoms with Gasteiger partial charge in [0.2, 0.25) is 5.71 Å². The topological polar surface area (TPSA) is 135 Å². The zero-order chi connectivity index (χ0) is 30.8.